The fraction of sp³-hybridized carbons (Fsp3) is 0.750. The van der Waals surface area contributed by atoms with Crippen LogP contribution >= 0.6 is 0 Å². The van der Waals surface area contributed by atoms with Gasteiger partial charge >= 0.3 is 0 Å². The van der Waals surface area contributed by atoms with Crippen LogP contribution in [-0.2, 0) is 16.1 Å². The summed E-state index contributed by atoms with van der Waals surface area (Å²) in [6.07, 6.45) is 6.54. The van der Waals surface area contributed by atoms with Crippen molar-refractivity contribution < 1.29 is 9.53 Å². The normalized spacial score (nSPS) is 18.9. The highest BCUT2D eigenvalue weighted by Gasteiger charge is 2.27. The van der Waals surface area contributed by atoms with Gasteiger partial charge in [-0.1, -0.05) is 0 Å². The van der Waals surface area contributed by atoms with E-state index in [2.05, 4.69) is 28.5 Å². The predicted octanol–water partition coefficient (Wildman–Crippen LogP) is 1.19. The molecule has 6 heteroatoms. The molecule has 1 atom stereocenters. The molecule has 1 amide bonds. The number of aromatic nitrogens is 2. The van der Waals surface area contributed by atoms with Crippen LogP contribution in [0.15, 0.2) is 12.4 Å². The Labute approximate surface area is 133 Å². The lowest BCUT2D eigenvalue weighted by Gasteiger charge is -2.33. The average molecular weight is 308 g/mol. The fourth-order valence-electron chi connectivity index (χ4n) is 2.94. The standard InChI is InChI=1S/C16H28N4O2/c1-18(2)10-11-19-9-7-17-16(19)14-5-4-8-20(13-14)15(21)6-12-22-3/h7,9,14H,4-6,8,10-13H2,1-3H3/t14-/m0/s1. The second kappa shape index (κ2) is 8.29. The number of nitrogens with zero attached hydrogens (tertiary/aromatic N) is 4. The number of methoxy groups -OCH3 is 1. The minimum atomic E-state index is 0.193. The van der Waals surface area contributed by atoms with Crippen LogP contribution in [0.2, 0.25) is 0 Å². The second-order valence-corrected chi connectivity index (χ2v) is 6.20. The third kappa shape index (κ3) is 4.55. The minimum absolute atomic E-state index is 0.193. The zero-order valence-electron chi connectivity index (χ0n) is 14.0. The summed E-state index contributed by atoms with van der Waals surface area (Å²) in [5.41, 5.74) is 0. The van der Waals surface area contributed by atoms with Crippen LogP contribution in [0.3, 0.4) is 0 Å². The first kappa shape index (κ1) is 17.0. The van der Waals surface area contributed by atoms with Gasteiger partial charge in [-0.2, -0.15) is 0 Å². The maximum atomic E-state index is 12.2. The highest BCUT2D eigenvalue weighted by atomic mass is 16.5. The summed E-state index contributed by atoms with van der Waals surface area (Å²) in [4.78, 5) is 20.9. The largest absolute Gasteiger partial charge is 0.384 e. The predicted molar refractivity (Wildman–Crippen MR) is 85.8 cm³/mol. The molecule has 0 aromatic carbocycles. The number of likely N-dealkylation sites (tertiary alicyclic amines) is 1. The summed E-state index contributed by atoms with van der Waals surface area (Å²) >= 11 is 0. The van der Waals surface area contributed by atoms with Gasteiger partial charge in [0.15, 0.2) is 0 Å². The molecule has 22 heavy (non-hydrogen) atoms. The molecular formula is C16H28N4O2. The molecule has 1 aromatic rings. The molecule has 0 N–H and O–H groups in total. The molecule has 0 radical (unpaired) electrons. The minimum Gasteiger partial charge on any atom is -0.384 e. The fourth-order valence-corrected chi connectivity index (χ4v) is 2.94. The molecule has 1 aromatic heterocycles. The van der Waals surface area contributed by atoms with Gasteiger partial charge in [0.25, 0.3) is 0 Å². The number of likely N-dealkylation sites (N-methyl/N-ethyl adjacent to an activating group) is 1. The van der Waals surface area contributed by atoms with Gasteiger partial charge in [-0.15, -0.1) is 0 Å². The van der Waals surface area contributed by atoms with Crippen LogP contribution < -0.4 is 0 Å². The van der Waals surface area contributed by atoms with Crippen molar-refractivity contribution in [3.05, 3.63) is 18.2 Å². The van der Waals surface area contributed by atoms with Gasteiger partial charge in [0.05, 0.1) is 13.0 Å². The molecule has 1 aliphatic rings. The Bertz CT molecular complexity index is 472. The molecule has 2 heterocycles. The van der Waals surface area contributed by atoms with Crippen molar-refractivity contribution in [3.8, 4) is 0 Å². The monoisotopic (exact) mass is 308 g/mol. The van der Waals surface area contributed by atoms with E-state index in [9.17, 15) is 4.79 Å². The second-order valence-electron chi connectivity index (χ2n) is 6.20. The topological polar surface area (TPSA) is 50.6 Å². The first-order valence-electron chi connectivity index (χ1n) is 8.04. The van der Waals surface area contributed by atoms with Crippen LogP contribution in [0.1, 0.15) is 31.0 Å². The van der Waals surface area contributed by atoms with E-state index in [4.69, 9.17) is 4.74 Å². The average Bonchev–Trinajstić information content (AvgIpc) is 2.99. The quantitative estimate of drug-likeness (QED) is 0.759. The van der Waals surface area contributed by atoms with E-state index in [1.165, 1.54) is 0 Å². The van der Waals surface area contributed by atoms with Gasteiger partial charge in [0.2, 0.25) is 5.91 Å². The van der Waals surface area contributed by atoms with E-state index in [0.717, 1.165) is 44.8 Å². The van der Waals surface area contributed by atoms with E-state index in [1.807, 2.05) is 17.3 Å². The molecule has 0 aliphatic carbocycles. The van der Waals surface area contributed by atoms with E-state index in [1.54, 1.807) is 7.11 Å². The summed E-state index contributed by atoms with van der Waals surface area (Å²) in [6, 6.07) is 0. The number of imidazole rings is 1. The summed E-state index contributed by atoms with van der Waals surface area (Å²) in [6.45, 7) is 4.07. The highest BCUT2D eigenvalue weighted by Crippen LogP contribution is 2.26. The van der Waals surface area contributed by atoms with Gasteiger partial charge < -0.3 is 19.1 Å². The third-order valence-corrected chi connectivity index (χ3v) is 4.20. The maximum absolute atomic E-state index is 12.2. The van der Waals surface area contributed by atoms with E-state index in [0.29, 0.717) is 18.9 Å². The van der Waals surface area contributed by atoms with Crippen molar-refractivity contribution in [2.45, 2.75) is 31.7 Å². The molecule has 0 bridgehead atoms. The van der Waals surface area contributed by atoms with Gasteiger partial charge in [-0.3, -0.25) is 4.79 Å². The number of carbonyl (C=O) groups is 1. The Hall–Kier alpha value is -1.40. The number of ether oxygens (including phenoxy) is 1. The number of rotatable bonds is 7. The molecule has 1 fully saturated rings. The van der Waals surface area contributed by atoms with E-state index < -0.39 is 0 Å². The smallest absolute Gasteiger partial charge is 0.224 e. The number of amides is 1. The Kier molecular flexibility index (Phi) is 6.39. The zero-order valence-corrected chi connectivity index (χ0v) is 14.0. The lowest BCUT2D eigenvalue weighted by atomic mass is 9.97. The van der Waals surface area contributed by atoms with Crippen molar-refractivity contribution in [3.63, 3.8) is 0 Å². The molecule has 1 saturated heterocycles. The Morgan fingerprint density at radius 3 is 3.05 bits per heavy atom. The van der Waals surface area contributed by atoms with Crippen LogP contribution in [0.5, 0.6) is 0 Å². The van der Waals surface area contributed by atoms with Gasteiger partial charge in [-0.05, 0) is 26.9 Å². The maximum Gasteiger partial charge on any atom is 0.224 e. The SMILES string of the molecule is COCCC(=O)N1CCC[C@H](c2nccn2CCN(C)C)C1. The number of piperidine rings is 1. The number of carbonyl (C=O) groups excluding carboxylic acids is 1. The zero-order chi connectivity index (χ0) is 15.9. The molecule has 0 spiro atoms. The van der Waals surface area contributed by atoms with Crippen LogP contribution in [0.4, 0.5) is 0 Å². The van der Waals surface area contributed by atoms with Crippen molar-refractivity contribution in [2.24, 2.45) is 0 Å². The van der Waals surface area contributed by atoms with Crippen LogP contribution in [0.25, 0.3) is 0 Å². The molecule has 2 rings (SSSR count). The lowest BCUT2D eigenvalue weighted by molar-refractivity contribution is -0.133. The van der Waals surface area contributed by atoms with Crippen molar-refractivity contribution in [1.82, 2.24) is 19.4 Å². The summed E-state index contributed by atoms with van der Waals surface area (Å²) in [7, 11) is 5.79. The van der Waals surface area contributed by atoms with Gasteiger partial charge in [0, 0.05) is 51.6 Å². The molecule has 1 aliphatic heterocycles. The Morgan fingerprint density at radius 1 is 1.50 bits per heavy atom. The lowest BCUT2D eigenvalue weighted by Crippen LogP contribution is -2.40. The van der Waals surface area contributed by atoms with Gasteiger partial charge in [-0.25, -0.2) is 4.98 Å². The molecular weight excluding hydrogens is 280 g/mol. The molecule has 0 saturated carbocycles. The summed E-state index contributed by atoms with van der Waals surface area (Å²) in [5, 5.41) is 0. The number of hydrogen-bond acceptors (Lipinski definition) is 4. The van der Waals surface area contributed by atoms with E-state index >= 15 is 0 Å². The number of hydrogen-bond donors (Lipinski definition) is 0. The summed E-state index contributed by atoms with van der Waals surface area (Å²) < 4.78 is 7.24. The Morgan fingerprint density at radius 2 is 2.32 bits per heavy atom. The van der Waals surface area contributed by atoms with Crippen LogP contribution in [0, 0.1) is 0 Å². The van der Waals surface area contributed by atoms with Crippen molar-refractivity contribution in [2.75, 3.05) is 47.4 Å². The van der Waals surface area contributed by atoms with Crippen LogP contribution in [-0.4, -0.2) is 72.7 Å². The van der Waals surface area contributed by atoms with Gasteiger partial charge in [0.1, 0.15) is 5.82 Å². The Balaban J connectivity index is 1.97. The van der Waals surface area contributed by atoms with Crippen molar-refractivity contribution in [1.29, 1.82) is 0 Å². The first-order valence-corrected chi connectivity index (χ1v) is 8.04. The summed E-state index contributed by atoms with van der Waals surface area (Å²) in [5.74, 6) is 1.65. The first-order chi connectivity index (χ1) is 10.6. The van der Waals surface area contributed by atoms with E-state index in [-0.39, 0.29) is 5.91 Å². The molecule has 0 unspecified atom stereocenters. The molecule has 124 valence electrons. The molecule has 6 nitrogen and oxygen atoms in total. The third-order valence-electron chi connectivity index (χ3n) is 4.20. The highest BCUT2D eigenvalue weighted by molar-refractivity contribution is 5.76. The van der Waals surface area contributed by atoms with Crippen molar-refractivity contribution >= 4 is 5.91 Å².